The molecule has 5 nitrogen and oxygen atoms in total. The van der Waals surface area contributed by atoms with E-state index in [2.05, 4.69) is 26.2 Å². The van der Waals surface area contributed by atoms with Crippen molar-refractivity contribution >= 4 is 27.7 Å². The van der Waals surface area contributed by atoms with Crippen molar-refractivity contribution in [3.05, 3.63) is 34.7 Å². The molecule has 17 heavy (non-hydrogen) atoms. The van der Waals surface area contributed by atoms with Crippen molar-refractivity contribution in [3.63, 3.8) is 0 Å². The molecule has 0 fully saturated rings. The summed E-state index contributed by atoms with van der Waals surface area (Å²) in [5.74, 6) is 0. The van der Waals surface area contributed by atoms with Crippen molar-refractivity contribution in [1.29, 1.82) is 0 Å². The first-order chi connectivity index (χ1) is 8.20. The van der Waals surface area contributed by atoms with E-state index in [0.717, 1.165) is 15.8 Å². The number of aromatic nitrogens is 2. The topological polar surface area (TPSA) is 55.6 Å². The van der Waals surface area contributed by atoms with Crippen LogP contribution in [0, 0.1) is 0 Å². The molecule has 0 atom stereocenters. The number of fused-ring (bicyclic) bond motifs is 1. The molecule has 6 heteroatoms. The van der Waals surface area contributed by atoms with Crippen molar-refractivity contribution in [3.8, 4) is 0 Å². The van der Waals surface area contributed by atoms with E-state index < -0.39 is 6.09 Å². The number of ether oxygens (including phenoxy) is 1. The SMILES string of the molecule is CNC(=O)OCCc1cnc2ccc(Br)cn12. The van der Waals surface area contributed by atoms with Gasteiger partial charge in [0.1, 0.15) is 5.65 Å². The number of carbonyl (C=O) groups is 1. The summed E-state index contributed by atoms with van der Waals surface area (Å²) < 4.78 is 7.89. The Kier molecular flexibility index (Phi) is 3.63. The molecular formula is C11H12BrN3O2. The highest BCUT2D eigenvalue weighted by molar-refractivity contribution is 9.10. The maximum atomic E-state index is 10.9. The van der Waals surface area contributed by atoms with E-state index in [9.17, 15) is 4.79 Å². The fraction of sp³-hybridized carbons (Fsp3) is 0.273. The van der Waals surface area contributed by atoms with Gasteiger partial charge in [-0.3, -0.25) is 0 Å². The summed E-state index contributed by atoms with van der Waals surface area (Å²) in [7, 11) is 1.54. The van der Waals surface area contributed by atoms with Crippen LogP contribution in [-0.2, 0) is 11.2 Å². The molecule has 0 aliphatic rings. The summed E-state index contributed by atoms with van der Waals surface area (Å²) in [5.41, 5.74) is 1.88. The Morgan fingerprint density at radius 1 is 1.59 bits per heavy atom. The van der Waals surface area contributed by atoms with Crippen LogP contribution in [0.15, 0.2) is 29.0 Å². The van der Waals surface area contributed by atoms with Crippen LogP contribution in [0.25, 0.3) is 5.65 Å². The van der Waals surface area contributed by atoms with Crippen LogP contribution in [-0.4, -0.2) is 29.1 Å². The van der Waals surface area contributed by atoms with Crippen LogP contribution in [0.1, 0.15) is 5.69 Å². The van der Waals surface area contributed by atoms with Crippen molar-refractivity contribution in [2.45, 2.75) is 6.42 Å². The number of carbonyl (C=O) groups excluding carboxylic acids is 1. The van der Waals surface area contributed by atoms with E-state index in [1.807, 2.05) is 22.7 Å². The predicted molar refractivity (Wildman–Crippen MR) is 67.0 cm³/mol. The number of pyridine rings is 1. The largest absolute Gasteiger partial charge is 0.449 e. The molecule has 0 saturated carbocycles. The Morgan fingerprint density at radius 3 is 3.18 bits per heavy atom. The van der Waals surface area contributed by atoms with Gasteiger partial charge in [0, 0.05) is 36.0 Å². The second kappa shape index (κ2) is 5.18. The number of nitrogens with zero attached hydrogens (tertiary/aromatic N) is 2. The lowest BCUT2D eigenvalue weighted by Crippen LogP contribution is -2.20. The van der Waals surface area contributed by atoms with Gasteiger partial charge in [-0.2, -0.15) is 0 Å². The summed E-state index contributed by atoms with van der Waals surface area (Å²) in [5, 5.41) is 2.40. The van der Waals surface area contributed by atoms with E-state index in [1.165, 1.54) is 7.05 Å². The lowest BCUT2D eigenvalue weighted by Gasteiger charge is -2.04. The van der Waals surface area contributed by atoms with E-state index in [4.69, 9.17) is 4.74 Å². The maximum absolute atomic E-state index is 10.9. The fourth-order valence-electron chi connectivity index (χ4n) is 1.51. The molecule has 2 heterocycles. The molecule has 2 aromatic rings. The second-order valence-electron chi connectivity index (χ2n) is 3.46. The van der Waals surface area contributed by atoms with E-state index in [0.29, 0.717) is 13.0 Å². The average Bonchev–Trinajstić information content (AvgIpc) is 2.72. The van der Waals surface area contributed by atoms with Crippen molar-refractivity contribution in [2.24, 2.45) is 0 Å². The molecule has 0 aliphatic heterocycles. The molecule has 0 spiro atoms. The maximum Gasteiger partial charge on any atom is 0.406 e. The van der Waals surface area contributed by atoms with Crippen LogP contribution in [0.2, 0.25) is 0 Å². The molecule has 0 radical (unpaired) electrons. The molecule has 0 unspecified atom stereocenters. The van der Waals surface area contributed by atoms with E-state index >= 15 is 0 Å². The number of hydrogen-bond donors (Lipinski definition) is 1. The minimum absolute atomic E-state index is 0.333. The van der Waals surface area contributed by atoms with E-state index in [1.54, 1.807) is 6.20 Å². The Hall–Kier alpha value is -1.56. The van der Waals surface area contributed by atoms with Crippen molar-refractivity contribution < 1.29 is 9.53 Å². The molecule has 1 N–H and O–H groups in total. The second-order valence-corrected chi connectivity index (χ2v) is 4.38. The summed E-state index contributed by atoms with van der Waals surface area (Å²) in [4.78, 5) is 15.2. The first-order valence-corrected chi connectivity index (χ1v) is 5.96. The minimum Gasteiger partial charge on any atom is -0.449 e. The molecule has 0 aromatic carbocycles. The molecule has 0 aliphatic carbocycles. The number of alkyl carbamates (subject to hydrolysis) is 1. The summed E-state index contributed by atoms with van der Waals surface area (Å²) in [6, 6.07) is 3.86. The van der Waals surface area contributed by atoms with Gasteiger partial charge >= 0.3 is 6.09 Å². The number of halogens is 1. The number of hydrogen-bond acceptors (Lipinski definition) is 3. The Morgan fingerprint density at radius 2 is 2.41 bits per heavy atom. The van der Waals surface area contributed by atoms with Gasteiger partial charge in [-0.1, -0.05) is 0 Å². The smallest absolute Gasteiger partial charge is 0.406 e. The van der Waals surface area contributed by atoms with Gasteiger partial charge in [-0.15, -0.1) is 0 Å². The van der Waals surface area contributed by atoms with Crippen LogP contribution >= 0.6 is 15.9 Å². The van der Waals surface area contributed by atoms with Crippen molar-refractivity contribution in [1.82, 2.24) is 14.7 Å². The zero-order chi connectivity index (χ0) is 12.3. The third-order valence-corrected chi connectivity index (χ3v) is 2.81. The molecule has 0 saturated heterocycles. The number of amides is 1. The zero-order valence-electron chi connectivity index (χ0n) is 9.31. The first-order valence-electron chi connectivity index (χ1n) is 5.16. The highest BCUT2D eigenvalue weighted by Gasteiger charge is 2.05. The van der Waals surface area contributed by atoms with E-state index in [-0.39, 0.29) is 0 Å². The van der Waals surface area contributed by atoms with Gasteiger partial charge < -0.3 is 14.5 Å². The monoisotopic (exact) mass is 297 g/mol. The summed E-state index contributed by atoms with van der Waals surface area (Å²) in [6.45, 7) is 0.333. The van der Waals surface area contributed by atoms with Gasteiger partial charge in [-0.25, -0.2) is 9.78 Å². The Bertz CT molecular complexity index is 538. The zero-order valence-corrected chi connectivity index (χ0v) is 10.9. The highest BCUT2D eigenvalue weighted by Crippen LogP contribution is 2.13. The highest BCUT2D eigenvalue weighted by atomic mass is 79.9. The normalized spacial score (nSPS) is 10.5. The van der Waals surface area contributed by atoms with Crippen LogP contribution in [0.5, 0.6) is 0 Å². The molecule has 2 aromatic heterocycles. The molecule has 1 amide bonds. The molecular weight excluding hydrogens is 286 g/mol. The third-order valence-electron chi connectivity index (χ3n) is 2.34. The standard InChI is InChI=1S/C11H12BrN3O2/c1-13-11(16)17-5-4-9-6-14-10-3-2-8(12)7-15(9)10/h2-3,6-7H,4-5H2,1H3,(H,13,16). The fourth-order valence-corrected chi connectivity index (χ4v) is 1.85. The number of imidazole rings is 1. The van der Waals surface area contributed by atoms with Crippen LogP contribution in [0.3, 0.4) is 0 Å². The summed E-state index contributed by atoms with van der Waals surface area (Å²) >= 11 is 3.41. The average molecular weight is 298 g/mol. The minimum atomic E-state index is -0.417. The quantitative estimate of drug-likeness (QED) is 0.943. The predicted octanol–water partition coefficient (Wildman–Crippen LogP) is 2.00. The van der Waals surface area contributed by atoms with Crippen molar-refractivity contribution in [2.75, 3.05) is 13.7 Å². The molecule has 0 bridgehead atoms. The van der Waals surface area contributed by atoms with Gasteiger partial charge in [0.05, 0.1) is 6.61 Å². The lowest BCUT2D eigenvalue weighted by molar-refractivity contribution is 0.149. The van der Waals surface area contributed by atoms with Crippen LogP contribution < -0.4 is 5.32 Å². The van der Waals surface area contributed by atoms with Gasteiger partial charge in [0.25, 0.3) is 0 Å². The summed E-state index contributed by atoms with van der Waals surface area (Å²) in [6.07, 6.45) is 3.94. The van der Waals surface area contributed by atoms with Gasteiger partial charge in [0.2, 0.25) is 0 Å². The van der Waals surface area contributed by atoms with Gasteiger partial charge in [0.15, 0.2) is 0 Å². The molecule has 2 rings (SSSR count). The lowest BCUT2D eigenvalue weighted by atomic mass is 10.3. The third kappa shape index (κ3) is 2.76. The Labute approximate surface area is 107 Å². The number of nitrogens with one attached hydrogen (secondary N) is 1. The Balaban J connectivity index is 2.08. The molecule has 90 valence electrons. The van der Waals surface area contributed by atoms with Crippen LogP contribution in [0.4, 0.5) is 4.79 Å². The first kappa shape index (κ1) is 11.9. The van der Waals surface area contributed by atoms with Gasteiger partial charge in [-0.05, 0) is 28.1 Å². The number of rotatable bonds is 3.